The quantitative estimate of drug-likeness (QED) is 0.841. The molecule has 0 radical (unpaired) electrons. The normalized spacial score (nSPS) is 10.3. The Morgan fingerprint density at radius 1 is 1.25 bits per heavy atom. The Morgan fingerprint density at radius 2 is 1.95 bits per heavy atom. The minimum Gasteiger partial charge on any atom is -0.325 e. The van der Waals surface area contributed by atoms with Crippen molar-refractivity contribution >= 4 is 35.0 Å². The molecule has 0 fully saturated rings. The highest BCUT2D eigenvalue weighted by molar-refractivity contribution is 8.00. The van der Waals surface area contributed by atoms with Gasteiger partial charge in [0.05, 0.1) is 5.75 Å². The van der Waals surface area contributed by atoms with Gasteiger partial charge in [0.25, 0.3) is 0 Å². The second-order valence-corrected chi connectivity index (χ2v) is 5.74. The number of aryl methyl sites for hydroxylation is 1. The van der Waals surface area contributed by atoms with Gasteiger partial charge in [-0.15, -0.1) is 11.8 Å². The lowest BCUT2D eigenvalue weighted by molar-refractivity contribution is -0.113. The molecule has 2 aromatic rings. The molecule has 0 aliphatic carbocycles. The van der Waals surface area contributed by atoms with Crippen molar-refractivity contribution in [2.24, 2.45) is 0 Å². The molecule has 1 N–H and O–H groups in total. The summed E-state index contributed by atoms with van der Waals surface area (Å²) in [7, 11) is 0. The molecule has 2 rings (SSSR count). The SMILES string of the molecule is Cc1ccc(F)cc1NC(=O)CSc1ccc(Cl)cc1. The van der Waals surface area contributed by atoms with Gasteiger partial charge >= 0.3 is 0 Å². The first kappa shape index (κ1) is 14.9. The summed E-state index contributed by atoms with van der Waals surface area (Å²) >= 11 is 7.19. The Morgan fingerprint density at radius 3 is 2.65 bits per heavy atom. The maximum absolute atomic E-state index is 13.1. The molecule has 0 aliphatic heterocycles. The molecule has 104 valence electrons. The van der Waals surface area contributed by atoms with Crippen LogP contribution in [0, 0.1) is 12.7 Å². The summed E-state index contributed by atoms with van der Waals surface area (Å²) in [6.07, 6.45) is 0. The summed E-state index contributed by atoms with van der Waals surface area (Å²) < 4.78 is 13.1. The Labute approximate surface area is 126 Å². The molecule has 2 nitrogen and oxygen atoms in total. The second kappa shape index (κ2) is 6.77. The first-order valence-electron chi connectivity index (χ1n) is 5.99. The zero-order valence-electron chi connectivity index (χ0n) is 10.8. The van der Waals surface area contributed by atoms with E-state index in [4.69, 9.17) is 11.6 Å². The monoisotopic (exact) mass is 309 g/mol. The van der Waals surface area contributed by atoms with Crippen molar-refractivity contribution in [1.82, 2.24) is 0 Å². The van der Waals surface area contributed by atoms with Crippen LogP contribution in [0.25, 0.3) is 0 Å². The highest BCUT2D eigenvalue weighted by Gasteiger charge is 2.06. The molecule has 0 aliphatic rings. The van der Waals surface area contributed by atoms with Gasteiger partial charge in [-0.3, -0.25) is 4.79 Å². The van der Waals surface area contributed by atoms with Crippen LogP contribution in [0.2, 0.25) is 5.02 Å². The van der Waals surface area contributed by atoms with Crippen LogP contribution >= 0.6 is 23.4 Å². The molecule has 0 atom stereocenters. The molecule has 1 amide bonds. The van der Waals surface area contributed by atoms with Crippen molar-refractivity contribution in [3.63, 3.8) is 0 Å². The number of carbonyl (C=O) groups is 1. The molecule has 0 saturated heterocycles. The van der Waals surface area contributed by atoms with Gasteiger partial charge in [-0.25, -0.2) is 4.39 Å². The van der Waals surface area contributed by atoms with Crippen molar-refractivity contribution in [3.05, 3.63) is 58.9 Å². The molecule has 5 heteroatoms. The Kier molecular flexibility index (Phi) is 5.04. The zero-order valence-corrected chi connectivity index (χ0v) is 12.4. The number of rotatable bonds is 4. The molecule has 0 saturated carbocycles. The van der Waals surface area contributed by atoms with Gasteiger partial charge in [-0.2, -0.15) is 0 Å². The van der Waals surface area contributed by atoms with Gasteiger partial charge in [0.15, 0.2) is 0 Å². The Hall–Kier alpha value is -1.52. The summed E-state index contributed by atoms with van der Waals surface area (Å²) in [5.74, 6) is -0.271. The Balaban J connectivity index is 1.92. The minimum atomic E-state index is -0.365. The number of amides is 1. The molecular weight excluding hydrogens is 297 g/mol. The van der Waals surface area contributed by atoms with E-state index in [0.717, 1.165) is 10.5 Å². The van der Waals surface area contributed by atoms with E-state index in [1.165, 1.54) is 23.9 Å². The van der Waals surface area contributed by atoms with Gasteiger partial charge < -0.3 is 5.32 Å². The first-order valence-corrected chi connectivity index (χ1v) is 7.35. The molecule has 0 aromatic heterocycles. The van der Waals surface area contributed by atoms with E-state index in [9.17, 15) is 9.18 Å². The van der Waals surface area contributed by atoms with Crippen LogP contribution in [-0.4, -0.2) is 11.7 Å². The Bertz CT molecular complexity index is 616. The van der Waals surface area contributed by atoms with Crippen LogP contribution in [0.1, 0.15) is 5.56 Å². The van der Waals surface area contributed by atoms with Crippen LogP contribution in [0.5, 0.6) is 0 Å². The van der Waals surface area contributed by atoms with Crippen molar-refractivity contribution in [3.8, 4) is 0 Å². The second-order valence-electron chi connectivity index (χ2n) is 4.25. The minimum absolute atomic E-state index is 0.168. The first-order chi connectivity index (χ1) is 9.54. The number of hydrogen-bond donors (Lipinski definition) is 1. The summed E-state index contributed by atoms with van der Waals surface area (Å²) in [6, 6.07) is 11.6. The average Bonchev–Trinajstić information content (AvgIpc) is 2.42. The third-order valence-electron chi connectivity index (χ3n) is 2.66. The van der Waals surface area contributed by atoms with E-state index >= 15 is 0 Å². The summed E-state index contributed by atoms with van der Waals surface area (Å²) in [4.78, 5) is 12.8. The maximum Gasteiger partial charge on any atom is 0.234 e. The standard InChI is InChI=1S/C15H13ClFNOS/c1-10-2-5-12(17)8-14(10)18-15(19)9-20-13-6-3-11(16)4-7-13/h2-8H,9H2,1H3,(H,18,19). The number of hydrogen-bond acceptors (Lipinski definition) is 2. The van der Waals surface area contributed by atoms with E-state index in [1.807, 2.05) is 19.1 Å². The van der Waals surface area contributed by atoms with Crippen LogP contribution in [0.3, 0.4) is 0 Å². The summed E-state index contributed by atoms with van der Waals surface area (Å²) in [5, 5.41) is 3.37. The van der Waals surface area contributed by atoms with E-state index < -0.39 is 0 Å². The molecule has 0 unspecified atom stereocenters. The smallest absolute Gasteiger partial charge is 0.234 e. The van der Waals surface area contributed by atoms with E-state index in [2.05, 4.69) is 5.32 Å². The lowest BCUT2D eigenvalue weighted by Gasteiger charge is -2.08. The third kappa shape index (κ3) is 4.25. The fourth-order valence-electron chi connectivity index (χ4n) is 1.59. The molecular formula is C15H13ClFNOS. The van der Waals surface area contributed by atoms with Gasteiger partial charge in [0, 0.05) is 15.6 Å². The summed E-state index contributed by atoms with van der Waals surface area (Å²) in [5.41, 5.74) is 1.34. The number of halogens is 2. The number of anilines is 1. The molecule has 2 aromatic carbocycles. The fraction of sp³-hybridized carbons (Fsp3) is 0.133. The lowest BCUT2D eigenvalue weighted by atomic mass is 10.2. The number of benzene rings is 2. The van der Waals surface area contributed by atoms with Crippen molar-refractivity contribution in [1.29, 1.82) is 0 Å². The van der Waals surface area contributed by atoms with Crippen molar-refractivity contribution < 1.29 is 9.18 Å². The molecule has 0 heterocycles. The number of nitrogens with one attached hydrogen (secondary N) is 1. The predicted octanol–water partition coefficient (Wildman–Crippen LogP) is 4.52. The molecule has 0 bridgehead atoms. The fourth-order valence-corrected chi connectivity index (χ4v) is 2.42. The highest BCUT2D eigenvalue weighted by atomic mass is 35.5. The highest BCUT2D eigenvalue weighted by Crippen LogP contribution is 2.21. The summed E-state index contributed by atoms with van der Waals surface area (Å²) in [6.45, 7) is 1.82. The van der Waals surface area contributed by atoms with Crippen LogP contribution in [0.4, 0.5) is 10.1 Å². The average molecular weight is 310 g/mol. The zero-order chi connectivity index (χ0) is 14.5. The van der Waals surface area contributed by atoms with Gasteiger partial charge in [-0.05, 0) is 48.9 Å². The van der Waals surface area contributed by atoms with E-state index in [-0.39, 0.29) is 17.5 Å². The largest absolute Gasteiger partial charge is 0.325 e. The number of carbonyl (C=O) groups excluding carboxylic acids is 1. The van der Waals surface area contributed by atoms with Crippen LogP contribution in [0.15, 0.2) is 47.4 Å². The maximum atomic E-state index is 13.1. The van der Waals surface area contributed by atoms with E-state index in [0.29, 0.717) is 10.7 Å². The molecule has 20 heavy (non-hydrogen) atoms. The van der Waals surface area contributed by atoms with Crippen molar-refractivity contribution in [2.45, 2.75) is 11.8 Å². The number of thioether (sulfide) groups is 1. The van der Waals surface area contributed by atoms with Crippen LogP contribution < -0.4 is 5.32 Å². The third-order valence-corrected chi connectivity index (χ3v) is 3.92. The van der Waals surface area contributed by atoms with Gasteiger partial charge in [-0.1, -0.05) is 17.7 Å². The van der Waals surface area contributed by atoms with Crippen LogP contribution in [-0.2, 0) is 4.79 Å². The van der Waals surface area contributed by atoms with Crippen molar-refractivity contribution in [2.75, 3.05) is 11.1 Å². The van der Waals surface area contributed by atoms with Gasteiger partial charge in [0.1, 0.15) is 5.82 Å². The topological polar surface area (TPSA) is 29.1 Å². The van der Waals surface area contributed by atoms with E-state index in [1.54, 1.807) is 18.2 Å². The van der Waals surface area contributed by atoms with Gasteiger partial charge in [0.2, 0.25) is 5.91 Å². The lowest BCUT2D eigenvalue weighted by Crippen LogP contribution is -2.14. The molecule has 0 spiro atoms. The predicted molar refractivity (Wildman–Crippen MR) is 81.9 cm³/mol.